The number of hydrogen-bond donors (Lipinski definition) is 1. The van der Waals surface area contributed by atoms with Gasteiger partial charge in [-0.2, -0.15) is 0 Å². The molecule has 1 heterocycles. The van der Waals surface area contributed by atoms with Crippen LogP contribution in [0.1, 0.15) is 13.3 Å². The summed E-state index contributed by atoms with van der Waals surface area (Å²) in [6.07, 6.45) is 1.00. The summed E-state index contributed by atoms with van der Waals surface area (Å²) in [5.41, 5.74) is 5.53. The quantitative estimate of drug-likeness (QED) is 0.697. The number of carbonyl (C=O) groups is 1. The molecular formula is C9H18ClFN2O. The van der Waals surface area contributed by atoms with Gasteiger partial charge < -0.3 is 10.5 Å². The zero-order valence-corrected chi connectivity index (χ0v) is 9.17. The van der Waals surface area contributed by atoms with Crippen LogP contribution >= 0.6 is 12.4 Å². The second-order valence-corrected chi connectivity index (χ2v) is 3.84. The van der Waals surface area contributed by atoms with Crippen molar-refractivity contribution in [3.8, 4) is 0 Å². The highest BCUT2D eigenvalue weighted by Gasteiger charge is 2.26. The maximum atomic E-state index is 12.4. The van der Waals surface area contributed by atoms with E-state index in [1.165, 1.54) is 0 Å². The van der Waals surface area contributed by atoms with Gasteiger partial charge in [0.1, 0.15) is 12.5 Å². The van der Waals surface area contributed by atoms with E-state index in [1.54, 1.807) is 0 Å². The monoisotopic (exact) mass is 224 g/mol. The van der Waals surface area contributed by atoms with E-state index in [2.05, 4.69) is 0 Å². The van der Waals surface area contributed by atoms with Crippen molar-refractivity contribution in [1.29, 1.82) is 0 Å². The van der Waals surface area contributed by atoms with Crippen LogP contribution in [-0.2, 0) is 4.79 Å². The van der Waals surface area contributed by atoms with Crippen LogP contribution in [0.25, 0.3) is 0 Å². The first-order valence-electron chi connectivity index (χ1n) is 4.70. The van der Waals surface area contributed by atoms with Crippen molar-refractivity contribution in [2.45, 2.75) is 25.6 Å². The van der Waals surface area contributed by atoms with Crippen LogP contribution in [0.15, 0.2) is 0 Å². The lowest BCUT2D eigenvalue weighted by Crippen LogP contribution is -2.49. The molecule has 0 aromatic carbocycles. The molecule has 0 amide bonds. The van der Waals surface area contributed by atoms with Crippen molar-refractivity contribution in [1.82, 2.24) is 4.90 Å². The summed E-state index contributed by atoms with van der Waals surface area (Å²) in [5, 5.41) is 0. The van der Waals surface area contributed by atoms with Gasteiger partial charge in [-0.05, 0) is 18.9 Å². The summed E-state index contributed by atoms with van der Waals surface area (Å²) in [7, 11) is 0. The lowest BCUT2D eigenvalue weighted by atomic mass is 9.99. The van der Waals surface area contributed by atoms with E-state index in [0.29, 0.717) is 13.1 Å². The number of aldehydes is 1. The number of carbonyl (C=O) groups excluding carboxylic acids is 1. The minimum atomic E-state index is -0.643. The Morgan fingerprint density at radius 1 is 1.64 bits per heavy atom. The first-order chi connectivity index (χ1) is 6.13. The molecule has 14 heavy (non-hydrogen) atoms. The Morgan fingerprint density at radius 2 is 2.21 bits per heavy atom. The fourth-order valence-electron chi connectivity index (χ4n) is 1.40. The Hall–Kier alpha value is -0.190. The van der Waals surface area contributed by atoms with E-state index in [0.717, 1.165) is 19.3 Å². The number of nitrogens with zero attached hydrogens (tertiary/aromatic N) is 1. The van der Waals surface area contributed by atoms with Crippen LogP contribution in [0.3, 0.4) is 0 Å². The molecule has 1 aliphatic rings. The molecule has 5 heteroatoms. The molecule has 0 radical (unpaired) electrons. The zero-order valence-electron chi connectivity index (χ0n) is 8.36. The standard InChI is InChI=1S/C9H17FN2O.ClH/c1-7(9(11)6-13)2-3-12-4-8(10)5-12;/h6-9H,2-5,11H2,1H3;1H/t7-,9-;/m1./s1. The smallest absolute Gasteiger partial charge is 0.136 e. The highest BCUT2D eigenvalue weighted by Crippen LogP contribution is 2.14. The average Bonchev–Trinajstić information content (AvgIpc) is 2.08. The lowest BCUT2D eigenvalue weighted by Gasteiger charge is -2.35. The van der Waals surface area contributed by atoms with Gasteiger partial charge in [-0.1, -0.05) is 6.92 Å². The highest BCUT2D eigenvalue weighted by molar-refractivity contribution is 5.85. The van der Waals surface area contributed by atoms with Gasteiger partial charge in [0, 0.05) is 13.1 Å². The molecule has 0 unspecified atom stereocenters. The fourth-order valence-corrected chi connectivity index (χ4v) is 1.40. The first kappa shape index (κ1) is 13.8. The van der Waals surface area contributed by atoms with Gasteiger partial charge >= 0.3 is 0 Å². The van der Waals surface area contributed by atoms with Crippen molar-refractivity contribution in [3.05, 3.63) is 0 Å². The molecule has 1 aliphatic heterocycles. The molecule has 1 saturated heterocycles. The van der Waals surface area contributed by atoms with Crippen molar-refractivity contribution in [3.63, 3.8) is 0 Å². The van der Waals surface area contributed by atoms with Gasteiger partial charge in [0.15, 0.2) is 0 Å². The number of rotatable bonds is 5. The summed E-state index contributed by atoms with van der Waals surface area (Å²) >= 11 is 0. The number of hydrogen-bond acceptors (Lipinski definition) is 3. The normalized spacial score (nSPS) is 21.9. The number of alkyl halides is 1. The third kappa shape index (κ3) is 3.90. The maximum Gasteiger partial charge on any atom is 0.136 e. The van der Waals surface area contributed by atoms with Crippen molar-refractivity contribution in [2.75, 3.05) is 19.6 Å². The Kier molecular flexibility index (Phi) is 6.24. The predicted molar refractivity (Wildman–Crippen MR) is 56.4 cm³/mol. The average molecular weight is 225 g/mol. The van der Waals surface area contributed by atoms with Gasteiger partial charge in [-0.3, -0.25) is 4.90 Å². The van der Waals surface area contributed by atoms with Gasteiger partial charge in [0.2, 0.25) is 0 Å². The van der Waals surface area contributed by atoms with Crippen LogP contribution < -0.4 is 5.73 Å². The Balaban J connectivity index is 0.00000169. The molecule has 1 rings (SSSR count). The molecule has 0 saturated carbocycles. The predicted octanol–water partition coefficient (Wildman–Crippen LogP) is 0.614. The minimum Gasteiger partial charge on any atom is -0.322 e. The first-order valence-corrected chi connectivity index (χ1v) is 4.70. The summed E-state index contributed by atoms with van der Waals surface area (Å²) in [4.78, 5) is 12.4. The summed E-state index contributed by atoms with van der Waals surface area (Å²) in [6.45, 7) is 3.89. The summed E-state index contributed by atoms with van der Waals surface area (Å²) in [5.74, 6) is 0.191. The third-order valence-electron chi connectivity index (χ3n) is 2.63. The summed E-state index contributed by atoms with van der Waals surface area (Å²) in [6, 6.07) is -0.373. The van der Waals surface area contributed by atoms with E-state index >= 15 is 0 Å². The highest BCUT2D eigenvalue weighted by atomic mass is 35.5. The Labute approximate surface area is 90.2 Å². The SMILES string of the molecule is C[C@H](CCN1CC(F)C1)[C@H](N)C=O.Cl. The van der Waals surface area contributed by atoms with E-state index in [9.17, 15) is 9.18 Å². The molecule has 0 aliphatic carbocycles. The van der Waals surface area contributed by atoms with Crippen LogP contribution in [0, 0.1) is 5.92 Å². The maximum absolute atomic E-state index is 12.4. The molecule has 2 N–H and O–H groups in total. The van der Waals surface area contributed by atoms with Crippen LogP contribution in [0.2, 0.25) is 0 Å². The van der Waals surface area contributed by atoms with Gasteiger partial charge in [0.25, 0.3) is 0 Å². The van der Waals surface area contributed by atoms with Gasteiger partial charge in [0.05, 0.1) is 6.04 Å². The molecule has 1 fully saturated rings. The number of likely N-dealkylation sites (tertiary alicyclic amines) is 1. The molecule has 0 spiro atoms. The largest absolute Gasteiger partial charge is 0.322 e. The van der Waals surface area contributed by atoms with Crippen LogP contribution in [0.4, 0.5) is 4.39 Å². The second kappa shape index (κ2) is 6.32. The fraction of sp³-hybridized carbons (Fsp3) is 0.889. The molecule has 3 nitrogen and oxygen atoms in total. The van der Waals surface area contributed by atoms with Crippen LogP contribution in [0.5, 0.6) is 0 Å². The molecular weight excluding hydrogens is 207 g/mol. The number of nitrogens with two attached hydrogens (primary N) is 1. The number of halogens is 2. The molecule has 0 aromatic rings. The second-order valence-electron chi connectivity index (χ2n) is 3.84. The van der Waals surface area contributed by atoms with E-state index in [-0.39, 0.29) is 24.4 Å². The van der Waals surface area contributed by atoms with Gasteiger partial charge in [-0.15, -0.1) is 12.4 Å². The van der Waals surface area contributed by atoms with Crippen LogP contribution in [-0.4, -0.2) is 43.0 Å². The topological polar surface area (TPSA) is 46.3 Å². The summed E-state index contributed by atoms with van der Waals surface area (Å²) < 4.78 is 12.4. The van der Waals surface area contributed by atoms with Crippen molar-refractivity contribution >= 4 is 18.7 Å². The van der Waals surface area contributed by atoms with Crippen molar-refractivity contribution < 1.29 is 9.18 Å². The molecule has 0 bridgehead atoms. The zero-order chi connectivity index (χ0) is 9.84. The van der Waals surface area contributed by atoms with Crippen molar-refractivity contribution in [2.24, 2.45) is 11.7 Å². The molecule has 84 valence electrons. The Bertz CT molecular complexity index is 176. The molecule has 0 aromatic heterocycles. The van der Waals surface area contributed by atoms with E-state index < -0.39 is 6.17 Å². The lowest BCUT2D eigenvalue weighted by molar-refractivity contribution is -0.109. The van der Waals surface area contributed by atoms with E-state index in [1.807, 2.05) is 11.8 Å². The molecule has 2 atom stereocenters. The van der Waals surface area contributed by atoms with Gasteiger partial charge in [-0.25, -0.2) is 4.39 Å². The van der Waals surface area contributed by atoms with E-state index in [4.69, 9.17) is 5.73 Å². The Morgan fingerprint density at radius 3 is 2.64 bits per heavy atom. The third-order valence-corrected chi connectivity index (χ3v) is 2.63. The minimum absolute atomic E-state index is 0.